The van der Waals surface area contributed by atoms with Gasteiger partial charge in [-0.25, -0.2) is 0 Å². The maximum absolute atomic E-state index is 5.76. The molecule has 0 amide bonds. The van der Waals surface area contributed by atoms with Crippen molar-refractivity contribution in [2.75, 3.05) is 27.1 Å². The van der Waals surface area contributed by atoms with E-state index in [0.717, 1.165) is 5.56 Å². The standard InChI is InChI=1S/C14H18O5/c1-15-13-12-14(9-17-13,19-10-18-12)8-16-7-11-5-3-2-4-6-11/h2-6,12-13H,7-10H2,1H3/t12?,13-,14?/m0/s1. The van der Waals surface area contributed by atoms with Crippen LogP contribution in [-0.2, 0) is 30.3 Å². The summed E-state index contributed by atoms with van der Waals surface area (Å²) in [4.78, 5) is 0. The van der Waals surface area contributed by atoms with Gasteiger partial charge < -0.3 is 23.7 Å². The monoisotopic (exact) mass is 266 g/mol. The quantitative estimate of drug-likeness (QED) is 0.804. The zero-order valence-corrected chi connectivity index (χ0v) is 10.9. The van der Waals surface area contributed by atoms with Gasteiger partial charge in [0, 0.05) is 7.11 Å². The zero-order valence-electron chi connectivity index (χ0n) is 10.9. The lowest BCUT2D eigenvalue weighted by atomic mass is 10.0. The lowest BCUT2D eigenvalue weighted by molar-refractivity contribution is -0.153. The number of fused-ring (bicyclic) bond motifs is 1. The minimum absolute atomic E-state index is 0.215. The maximum atomic E-state index is 5.76. The van der Waals surface area contributed by atoms with Crippen molar-refractivity contribution in [3.8, 4) is 0 Å². The van der Waals surface area contributed by atoms with Crippen LogP contribution in [-0.4, -0.2) is 45.1 Å². The number of methoxy groups -OCH3 is 1. The second kappa shape index (κ2) is 5.56. The lowest BCUT2D eigenvalue weighted by Crippen LogP contribution is -2.45. The molecule has 5 nitrogen and oxygen atoms in total. The second-order valence-corrected chi connectivity index (χ2v) is 4.81. The van der Waals surface area contributed by atoms with E-state index in [4.69, 9.17) is 23.7 Å². The van der Waals surface area contributed by atoms with Crippen LogP contribution < -0.4 is 0 Å². The van der Waals surface area contributed by atoms with Crippen LogP contribution in [0.25, 0.3) is 0 Å². The lowest BCUT2D eigenvalue weighted by Gasteiger charge is -2.24. The number of hydrogen-bond donors (Lipinski definition) is 0. The van der Waals surface area contributed by atoms with Gasteiger partial charge in [0.25, 0.3) is 0 Å². The summed E-state index contributed by atoms with van der Waals surface area (Å²) in [5.74, 6) is 0. The Kier molecular flexibility index (Phi) is 3.81. The van der Waals surface area contributed by atoms with Gasteiger partial charge in [-0.3, -0.25) is 0 Å². The third-order valence-corrected chi connectivity index (χ3v) is 3.54. The Labute approximate surface area is 112 Å². The Bertz CT molecular complexity index is 410. The van der Waals surface area contributed by atoms with Crippen molar-refractivity contribution in [1.82, 2.24) is 0 Å². The normalized spacial score (nSPS) is 33.5. The first kappa shape index (κ1) is 13.0. The summed E-state index contributed by atoms with van der Waals surface area (Å²) in [6, 6.07) is 10.0. The highest BCUT2D eigenvalue weighted by molar-refractivity contribution is 5.13. The van der Waals surface area contributed by atoms with E-state index in [2.05, 4.69) is 0 Å². The van der Waals surface area contributed by atoms with Gasteiger partial charge >= 0.3 is 0 Å². The predicted octanol–water partition coefficient (Wildman–Crippen LogP) is 1.32. The number of ether oxygens (including phenoxy) is 5. The molecular weight excluding hydrogens is 248 g/mol. The summed E-state index contributed by atoms with van der Waals surface area (Å²) in [6.07, 6.45) is -0.587. The van der Waals surface area contributed by atoms with Gasteiger partial charge in [-0.15, -0.1) is 0 Å². The molecule has 2 aliphatic heterocycles. The Balaban J connectivity index is 1.57. The minimum atomic E-state index is -0.532. The summed E-state index contributed by atoms with van der Waals surface area (Å²) < 4.78 is 27.7. The Morgan fingerprint density at radius 1 is 1.26 bits per heavy atom. The van der Waals surface area contributed by atoms with Gasteiger partial charge in [-0.1, -0.05) is 30.3 Å². The van der Waals surface area contributed by atoms with Crippen LogP contribution in [0.3, 0.4) is 0 Å². The van der Waals surface area contributed by atoms with E-state index in [9.17, 15) is 0 Å². The van der Waals surface area contributed by atoms with Crippen LogP contribution in [0.5, 0.6) is 0 Å². The molecular formula is C14H18O5. The van der Waals surface area contributed by atoms with E-state index in [1.807, 2.05) is 30.3 Å². The SMILES string of the molecule is CO[C@H]1OCC2(COCc3ccccc3)OCOC12. The van der Waals surface area contributed by atoms with E-state index < -0.39 is 5.60 Å². The molecule has 3 rings (SSSR count). The van der Waals surface area contributed by atoms with Crippen LogP contribution in [0, 0.1) is 0 Å². The van der Waals surface area contributed by atoms with Gasteiger partial charge in [0.2, 0.25) is 0 Å². The van der Waals surface area contributed by atoms with Crippen molar-refractivity contribution in [2.45, 2.75) is 24.6 Å². The number of benzene rings is 1. The third-order valence-electron chi connectivity index (χ3n) is 3.54. The van der Waals surface area contributed by atoms with E-state index in [0.29, 0.717) is 19.8 Å². The van der Waals surface area contributed by atoms with Crippen molar-refractivity contribution in [3.05, 3.63) is 35.9 Å². The average molecular weight is 266 g/mol. The van der Waals surface area contributed by atoms with Crippen molar-refractivity contribution in [2.24, 2.45) is 0 Å². The van der Waals surface area contributed by atoms with Gasteiger partial charge in [0.15, 0.2) is 6.29 Å². The van der Waals surface area contributed by atoms with Gasteiger partial charge in [0.05, 0.1) is 19.8 Å². The fraction of sp³-hybridized carbons (Fsp3) is 0.571. The largest absolute Gasteiger partial charge is 0.374 e. The Hall–Kier alpha value is -0.980. The predicted molar refractivity (Wildman–Crippen MR) is 66.4 cm³/mol. The van der Waals surface area contributed by atoms with Gasteiger partial charge in [0.1, 0.15) is 18.5 Å². The molecule has 2 fully saturated rings. The Morgan fingerprint density at radius 2 is 2.11 bits per heavy atom. The summed E-state index contributed by atoms with van der Waals surface area (Å²) in [5.41, 5.74) is 0.603. The Morgan fingerprint density at radius 3 is 2.89 bits per heavy atom. The minimum Gasteiger partial charge on any atom is -0.374 e. The van der Waals surface area contributed by atoms with Crippen molar-refractivity contribution in [3.63, 3.8) is 0 Å². The smallest absolute Gasteiger partial charge is 0.186 e. The fourth-order valence-electron chi connectivity index (χ4n) is 2.49. The molecule has 104 valence electrons. The molecule has 19 heavy (non-hydrogen) atoms. The van der Waals surface area contributed by atoms with Crippen LogP contribution in [0.4, 0.5) is 0 Å². The van der Waals surface area contributed by atoms with Crippen LogP contribution in [0.1, 0.15) is 5.56 Å². The van der Waals surface area contributed by atoms with E-state index in [1.165, 1.54) is 0 Å². The summed E-state index contributed by atoms with van der Waals surface area (Å²) in [6.45, 7) is 1.69. The molecule has 0 spiro atoms. The molecule has 0 aliphatic carbocycles. The molecule has 2 heterocycles. The molecule has 2 aliphatic rings. The molecule has 0 aromatic heterocycles. The molecule has 0 bridgehead atoms. The molecule has 2 unspecified atom stereocenters. The highest BCUT2D eigenvalue weighted by Gasteiger charge is 2.56. The van der Waals surface area contributed by atoms with E-state index in [1.54, 1.807) is 7.11 Å². The fourth-order valence-corrected chi connectivity index (χ4v) is 2.49. The van der Waals surface area contributed by atoms with Gasteiger partial charge in [-0.2, -0.15) is 0 Å². The molecule has 0 N–H and O–H groups in total. The first-order chi connectivity index (χ1) is 9.34. The molecule has 0 radical (unpaired) electrons. The summed E-state index contributed by atoms with van der Waals surface area (Å²) in [7, 11) is 1.60. The summed E-state index contributed by atoms with van der Waals surface area (Å²) >= 11 is 0. The third kappa shape index (κ3) is 2.52. The first-order valence-corrected chi connectivity index (χ1v) is 6.36. The topological polar surface area (TPSA) is 46.2 Å². The molecule has 0 saturated carbocycles. The second-order valence-electron chi connectivity index (χ2n) is 4.81. The molecule has 2 saturated heterocycles. The maximum Gasteiger partial charge on any atom is 0.186 e. The first-order valence-electron chi connectivity index (χ1n) is 6.36. The molecule has 5 heteroatoms. The van der Waals surface area contributed by atoms with Crippen LogP contribution in [0.2, 0.25) is 0 Å². The molecule has 1 aromatic rings. The molecule has 1 aromatic carbocycles. The number of hydrogen-bond acceptors (Lipinski definition) is 5. The highest BCUT2D eigenvalue weighted by Crippen LogP contribution is 2.36. The highest BCUT2D eigenvalue weighted by atomic mass is 16.8. The van der Waals surface area contributed by atoms with Crippen LogP contribution >= 0.6 is 0 Å². The summed E-state index contributed by atoms with van der Waals surface area (Å²) in [5, 5.41) is 0. The zero-order chi connectivity index (χ0) is 13.1. The van der Waals surface area contributed by atoms with Crippen molar-refractivity contribution >= 4 is 0 Å². The van der Waals surface area contributed by atoms with Crippen molar-refractivity contribution < 1.29 is 23.7 Å². The van der Waals surface area contributed by atoms with Crippen molar-refractivity contribution in [1.29, 1.82) is 0 Å². The van der Waals surface area contributed by atoms with Gasteiger partial charge in [-0.05, 0) is 5.56 Å². The van der Waals surface area contributed by atoms with E-state index in [-0.39, 0.29) is 19.2 Å². The molecule has 3 atom stereocenters. The van der Waals surface area contributed by atoms with Crippen LogP contribution in [0.15, 0.2) is 30.3 Å². The number of rotatable bonds is 5. The average Bonchev–Trinajstić information content (AvgIpc) is 2.98. The van der Waals surface area contributed by atoms with E-state index >= 15 is 0 Å².